The number of rotatable bonds is 5. The first-order chi connectivity index (χ1) is 9.58. The van der Waals surface area contributed by atoms with Crippen LogP contribution in [0.1, 0.15) is 24.2 Å². The molecule has 0 amide bonds. The van der Waals surface area contributed by atoms with Crippen LogP contribution in [0.4, 0.5) is 5.69 Å². The first kappa shape index (κ1) is 14.0. The van der Waals surface area contributed by atoms with E-state index in [1.54, 1.807) is 19.3 Å². The molecule has 6 nitrogen and oxygen atoms in total. The maximum Gasteiger partial charge on any atom is 0.270 e. The molecule has 0 fully saturated rings. The predicted octanol–water partition coefficient (Wildman–Crippen LogP) is 2.62. The number of nitro groups is 1. The fourth-order valence-corrected chi connectivity index (χ4v) is 1.75. The Morgan fingerprint density at radius 3 is 2.65 bits per heavy atom. The van der Waals surface area contributed by atoms with E-state index in [0.29, 0.717) is 17.9 Å². The molecule has 1 N–H and O–H groups in total. The predicted molar refractivity (Wildman–Crippen MR) is 72.3 cm³/mol. The van der Waals surface area contributed by atoms with Crippen LogP contribution in [-0.2, 0) is 6.61 Å². The minimum atomic E-state index is -0.845. The Balaban J connectivity index is 2.20. The van der Waals surface area contributed by atoms with E-state index in [9.17, 15) is 15.2 Å². The Bertz CT molecular complexity index is 599. The molecule has 0 saturated carbocycles. The number of benzene rings is 1. The molecule has 20 heavy (non-hydrogen) atoms. The molecule has 0 unspecified atom stereocenters. The molecule has 0 aliphatic carbocycles. The Morgan fingerprint density at radius 2 is 2.05 bits per heavy atom. The van der Waals surface area contributed by atoms with Gasteiger partial charge in [-0.1, -0.05) is 0 Å². The van der Waals surface area contributed by atoms with Gasteiger partial charge in [0.05, 0.1) is 11.0 Å². The number of pyridine rings is 1. The Kier molecular flexibility index (Phi) is 4.27. The smallest absolute Gasteiger partial charge is 0.270 e. The number of aromatic nitrogens is 1. The monoisotopic (exact) mass is 274 g/mol. The summed E-state index contributed by atoms with van der Waals surface area (Å²) in [6.45, 7) is 1.85. The summed E-state index contributed by atoms with van der Waals surface area (Å²) in [5.74, 6) is 0.433. The quantitative estimate of drug-likeness (QED) is 0.669. The SMILES string of the molecule is C[C@@H](O)c1cc([N+](=O)[O-])ccc1OCc1ccncc1. The highest BCUT2D eigenvalue weighted by Crippen LogP contribution is 2.29. The van der Waals surface area contributed by atoms with Gasteiger partial charge >= 0.3 is 0 Å². The second kappa shape index (κ2) is 6.12. The topological polar surface area (TPSA) is 85.5 Å². The molecule has 1 atom stereocenters. The number of hydrogen-bond acceptors (Lipinski definition) is 5. The summed E-state index contributed by atoms with van der Waals surface area (Å²) < 4.78 is 5.61. The van der Waals surface area contributed by atoms with Crippen molar-refractivity contribution in [3.8, 4) is 5.75 Å². The van der Waals surface area contributed by atoms with Crippen molar-refractivity contribution < 1.29 is 14.8 Å². The van der Waals surface area contributed by atoms with Crippen LogP contribution >= 0.6 is 0 Å². The molecular weight excluding hydrogens is 260 g/mol. The molecule has 1 aromatic heterocycles. The summed E-state index contributed by atoms with van der Waals surface area (Å²) in [6, 6.07) is 7.81. The van der Waals surface area contributed by atoms with Gasteiger partial charge in [0.25, 0.3) is 5.69 Å². The molecular formula is C14H14N2O4. The molecule has 0 aliphatic rings. The second-order valence-electron chi connectivity index (χ2n) is 4.30. The van der Waals surface area contributed by atoms with Gasteiger partial charge in [0.1, 0.15) is 12.4 Å². The maximum atomic E-state index is 10.7. The molecule has 2 aromatic rings. The van der Waals surface area contributed by atoms with Crippen molar-refractivity contribution in [3.63, 3.8) is 0 Å². The molecule has 1 heterocycles. The van der Waals surface area contributed by atoms with Gasteiger partial charge in [-0.15, -0.1) is 0 Å². The van der Waals surface area contributed by atoms with Crippen LogP contribution in [0, 0.1) is 10.1 Å². The summed E-state index contributed by atoms with van der Waals surface area (Å²) in [7, 11) is 0. The minimum absolute atomic E-state index is 0.0721. The van der Waals surface area contributed by atoms with E-state index in [1.165, 1.54) is 18.2 Å². The summed E-state index contributed by atoms with van der Waals surface area (Å²) >= 11 is 0. The number of ether oxygens (including phenoxy) is 1. The van der Waals surface area contributed by atoms with E-state index in [-0.39, 0.29) is 5.69 Å². The average molecular weight is 274 g/mol. The van der Waals surface area contributed by atoms with E-state index in [1.807, 2.05) is 12.1 Å². The first-order valence-corrected chi connectivity index (χ1v) is 6.06. The third-order valence-corrected chi connectivity index (χ3v) is 2.80. The maximum absolute atomic E-state index is 10.7. The van der Waals surface area contributed by atoms with Crippen LogP contribution in [0.5, 0.6) is 5.75 Å². The van der Waals surface area contributed by atoms with Crippen LogP contribution in [0.3, 0.4) is 0 Å². The Hall–Kier alpha value is -2.47. The first-order valence-electron chi connectivity index (χ1n) is 6.06. The lowest BCUT2D eigenvalue weighted by Crippen LogP contribution is -2.02. The molecule has 6 heteroatoms. The van der Waals surface area contributed by atoms with E-state index < -0.39 is 11.0 Å². The number of nitro benzene ring substituents is 1. The van der Waals surface area contributed by atoms with Gasteiger partial charge in [-0.25, -0.2) is 0 Å². The van der Waals surface area contributed by atoms with Crippen LogP contribution in [0.2, 0.25) is 0 Å². The van der Waals surface area contributed by atoms with Crippen molar-refractivity contribution >= 4 is 5.69 Å². The number of aliphatic hydroxyl groups excluding tert-OH is 1. The highest BCUT2D eigenvalue weighted by molar-refractivity contribution is 5.44. The zero-order valence-corrected chi connectivity index (χ0v) is 10.9. The zero-order valence-electron chi connectivity index (χ0n) is 10.9. The standard InChI is InChI=1S/C14H14N2O4/c1-10(17)13-8-12(16(18)19)2-3-14(13)20-9-11-4-6-15-7-5-11/h2-8,10,17H,9H2,1H3/t10-/m1/s1. The molecule has 2 rings (SSSR count). The Morgan fingerprint density at radius 1 is 1.35 bits per heavy atom. The van der Waals surface area contributed by atoms with Crippen LogP contribution in [0.25, 0.3) is 0 Å². The number of aliphatic hydroxyl groups is 1. The fraction of sp³-hybridized carbons (Fsp3) is 0.214. The van der Waals surface area contributed by atoms with Crippen molar-refractivity contribution in [2.75, 3.05) is 0 Å². The minimum Gasteiger partial charge on any atom is -0.489 e. The van der Waals surface area contributed by atoms with Gasteiger partial charge in [0, 0.05) is 30.1 Å². The largest absolute Gasteiger partial charge is 0.489 e. The van der Waals surface area contributed by atoms with Gasteiger partial charge < -0.3 is 9.84 Å². The molecule has 104 valence electrons. The van der Waals surface area contributed by atoms with E-state index in [0.717, 1.165) is 5.56 Å². The van der Waals surface area contributed by atoms with E-state index >= 15 is 0 Å². The second-order valence-corrected chi connectivity index (χ2v) is 4.30. The average Bonchev–Trinajstić information content (AvgIpc) is 2.45. The highest BCUT2D eigenvalue weighted by Gasteiger charge is 2.15. The molecule has 0 radical (unpaired) electrons. The number of hydrogen-bond donors (Lipinski definition) is 1. The van der Waals surface area contributed by atoms with Gasteiger partial charge in [-0.3, -0.25) is 15.1 Å². The van der Waals surface area contributed by atoms with Crippen molar-refractivity contribution in [1.29, 1.82) is 0 Å². The van der Waals surface area contributed by atoms with Crippen LogP contribution in [0.15, 0.2) is 42.7 Å². The Labute approximate surface area is 115 Å². The third-order valence-electron chi connectivity index (χ3n) is 2.80. The van der Waals surface area contributed by atoms with Crippen molar-refractivity contribution in [2.24, 2.45) is 0 Å². The number of nitrogens with zero attached hydrogens (tertiary/aromatic N) is 2. The fourth-order valence-electron chi connectivity index (χ4n) is 1.75. The van der Waals surface area contributed by atoms with Gasteiger partial charge in [-0.2, -0.15) is 0 Å². The molecule has 0 bridgehead atoms. The van der Waals surface area contributed by atoms with Crippen molar-refractivity contribution in [2.45, 2.75) is 19.6 Å². The van der Waals surface area contributed by atoms with E-state index in [4.69, 9.17) is 4.74 Å². The third kappa shape index (κ3) is 3.30. The van der Waals surface area contributed by atoms with Crippen LogP contribution < -0.4 is 4.74 Å². The van der Waals surface area contributed by atoms with Gasteiger partial charge in [0.15, 0.2) is 0 Å². The summed E-state index contributed by atoms with van der Waals surface area (Å²) in [5, 5.41) is 20.4. The molecule has 0 aliphatic heterocycles. The molecule has 1 aromatic carbocycles. The van der Waals surface area contributed by atoms with Gasteiger partial charge in [0.2, 0.25) is 0 Å². The lowest BCUT2D eigenvalue weighted by molar-refractivity contribution is -0.385. The molecule has 0 spiro atoms. The summed E-state index contributed by atoms with van der Waals surface area (Å²) in [5.41, 5.74) is 1.25. The summed E-state index contributed by atoms with van der Waals surface area (Å²) in [6.07, 6.45) is 2.47. The molecule has 0 saturated heterocycles. The van der Waals surface area contributed by atoms with Crippen LogP contribution in [-0.4, -0.2) is 15.0 Å². The normalized spacial score (nSPS) is 11.9. The lowest BCUT2D eigenvalue weighted by Gasteiger charge is -2.13. The van der Waals surface area contributed by atoms with E-state index in [2.05, 4.69) is 4.98 Å². The lowest BCUT2D eigenvalue weighted by atomic mass is 10.1. The van der Waals surface area contributed by atoms with Gasteiger partial charge in [-0.05, 0) is 30.7 Å². The summed E-state index contributed by atoms with van der Waals surface area (Å²) in [4.78, 5) is 14.1. The van der Waals surface area contributed by atoms with Crippen molar-refractivity contribution in [3.05, 3.63) is 64.0 Å². The number of non-ortho nitro benzene ring substituents is 1. The zero-order chi connectivity index (χ0) is 14.5. The van der Waals surface area contributed by atoms with Crippen molar-refractivity contribution in [1.82, 2.24) is 4.98 Å². The highest BCUT2D eigenvalue weighted by atomic mass is 16.6.